The zero-order valence-electron chi connectivity index (χ0n) is 10.4. The normalized spacial score (nSPS) is 10.8. The Hall–Kier alpha value is -1.78. The molecule has 0 aliphatic carbocycles. The standard InChI is InChI=1S/C15H12N2S2/c1-16-14(18)12-9-5-6-10-13(12)17(15(16)19)11-7-3-2-4-8-11/h2-10H,1H3. The van der Waals surface area contributed by atoms with Crippen LogP contribution in [0.15, 0.2) is 54.6 Å². The molecule has 19 heavy (non-hydrogen) atoms. The SMILES string of the molecule is Cn1c(=S)c2ccccc2n(-c2ccccc2)c1=S. The number of benzene rings is 2. The summed E-state index contributed by atoms with van der Waals surface area (Å²) >= 11 is 11.0. The number of nitrogens with zero attached hydrogens (tertiary/aromatic N) is 2. The van der Waals surface area contributed by atoms with Crippen molar-refractivity contribution in [3.63, 3.8) is 0 Å². The first-order valence-corrected chi connectivity index (χ1v) is 6.78. The Balaban J connectivity index is 2.56. The lowest BCUT2D eigenvalue weighted by atomic mass is 10.2. The second kappa shape index (κ2) is 4.72. The molecule has 4 heteroatoms. The molecule has 2 nitrogen and oxygen atoms in total. The van der Waals surface area contributed by atoms with Crippen LogP contribution in [0.2, 0.25) is 0 Å². The summed E-state index contributed by atoms with van der Waals surface area (Å²) in [6.45, 7) is 0. The van der Waals surface area contributed by atoms with Gasteiger partial charge in [0.05, 0.1) is 5.52 Å². The third-order valence-corrected chi connectivity index (χ3v) is 4.12. The van der Waals surface area contributed by atoms with Crippen molar-refractivity contribution < 1.29 is 0 Å². The molecule has 0 atom stereocenters. The van der Waals surface area contributed by atoms with Crippen LogP contribution in [0.1, 0.15) is 0 Å². The quantitative estimate of drug-likeness (QED) is 0.612. The van der Waals surface area contributed by atoms with E-state index >= 15 is 0 Å². The van der Waals surface area contributed by atoms with E-state index in [0.717, 1.165) is 21.2 Å². The summed E-state index contributed by atoms with van der Waals surface area (Å²) in [5.74, 6) is 0. The summed E-state index contributed by atoms with van der Waals surface area (Å²) in [5.41, 5.74) is 2.09. The lowest BCUT2D eigenvalue weighted by molar-refractivity contribution is 0.804. The highest BCUT2D eigenvalue weighted by Gasteiger charge is 2.06. The first-order chi connectivity index (χ1) is 9.20. The number of aromatic nitrogens is 2. The molecule has 0 N–H and O–H groups in total. The molecule has 94 valence electrons. The van der Waals surface area contributed by atoms with Gasteiger partial charge in [-0.05, 0) is 36.5 Å². The van der Waals surface area contributed by atoms with Gasteiger partial charge in [0.2, 0.25) is 0 Å². The maximum Gasteiger partial charge on any atom is 0.185 e. The molecule has 0 saturated carbocycles. The highest BCUT2D eigenvalue weighted by atomic mass is 32.1. The van der Waals surface area contributed by atoms with Gasteiger partial charge in [-0.15, -0.1) is 0 Å². The molecule has 0 bridgehead atoms. The minimum Gasteiger partial charge on any atom is -0.312 e. The van der Waals surface area contributed by atoms with E-state index in [9.17, 15) is 0 Å². The number of fused-ring (bicyclic) bond motifs is 1. The maximum absolute atomic E-state index is 5.55. The molecule has 0 saturated heterocycles. The van der Waals surface area contributed by atoms with Crippen molar-refractivity contribution >= 4 is 35.3 Å². The minimum atomic E-state index is 0.704. The molecule has 0 amide bonds. The van der Waals surface area contributed by atoms with Crippen molar-refractivity contribution in [2.45, 2.75) is 0 Å². The van der Waals surface area contributed by atoms with E-state index in [1.807, 2.05) is 66.2 Å². The van der Waals surface area contributed by atoms with Crippen LogP contribution in [0, 0.1) is 9.41 Å². The van der Waals surface area contributed by atoms with Crippen LogP contribution in [0.5, 0.6) is 0 Å². The minimum absolute atomic E-state index is 0.704. The average Bonchev–Trinajstić information content (AvgIpc) is 2.46. The van der Waals surface area contributed by atoms with Gasteiger partial charge < -0.3 is 4.57 Å². The van der Waals surface area contributed by atoms with E-state index in [-0.39, 0.29) is 0 Å². The zero-order valence-corrected chi connectivity index (χ0v) is 12.0. The first-order valence-electron chi connectivity index (χ1n) is 5.96. The molecule has 1 aromatic heterocycles. The van der Waals surface area contributed by atoms with Crippen LogP contribution in [0.25, 0.3) is 16.6 Å². The van der Waals surface area contributed by atoms with Crippen LogP contribution in [0.4, 0.5) is 0 Å². The molecule has 0 aliphatic rings. The first kappa shape index (κ1) is 12.3. The molecule has 0 unspecified atom stereocenters. The topological polar surface area (TPSA) is 9.86 Å². The predicted molar refractivity (Wildman–Crippen MR) is 83.9 cm³/mol. The average molecular weight is 284 g/mol. The molecule has 3 rings (SSSR count). The molecule has 1 heterocycles. The van der Waals surface area contributed by atoms with Gasteiger partial charge >= 0.3 is 0 Å². The molecule has 0 spiro atoms. The summed E-state index contributed by atoms with van der Waals surface area (Å²) in [4.78, 5) is 0. The fourth-order valence-electron chi connectivity index (χ4n) is 2.20. The van der Waals surface area contributed by atoms with Crippen molar-refractivity contribution in [3.05, 3.63) is 64.0 Å². The third-order valence-electron chi connectivity index (χ3n) is 3.17. The molecule has 3 aromatic rings. The van der Waals surface area contributed by atoms with Gasteiger partial charge in [-0.25, -0.2) is 0 Å². The van der Waals surface area contributed by atoms with Crippen LogP contribution in [-0.2, 0) is 7.05 Å². The van der Waals surface area contributed by atoms with E-state index in [2.05, 4.69) is 4.57 Å². The van der Waals surface area contributed by atoms with Crippen LogP contribution in [-0.4, -0.2) is 9.13 Å². The van der Waals surface area contributed by atoms with E-state index in [1.54, 1.807) is 0 Å². The summed E-state index contributed by atoms with van der Waals surface area (Å²) in [7, 11) is 1.91. The zero-order chi connectivity index (χ0) is 13.4. The van der Waals surface area contributed by atoms with Gasteiger partial charge in [0, 0.05) is 18.1 Å². The fraction of sp³-hybridized carbons (Fsp3) is 0.0667. The Labute approximate surface area is 121 Å². The Morgan fingerprint density at radius 1 is 0.842 bits per heavy atom. The smallest absolute Gasteiger partial charge is 0.185 e. The van der Waals surface area contributed by atoms with Gasteiger partial charge in [0.25, 0.3) is 0 Å². The predicted octanol–water partition coefficient (Wildman–Crippen LogP) is 4.43. The van der Waals surface area contributed by atoms with E-state index in [4.69, 9.17) is 24.4 Å². The van der Waals surface area contributed by atoms with Crippen LogP contribution < -0.4 is 0 Å². The lowest BCUT2D eigenvalue weighted by Gasteiger charge is -2.14. The Morgan fingerprint density at radius 3 is 2.21 bits per heavy atom. The Bertz CT molecular complexity index is 861. The second-order valence-electron chi connectivity index (χ2n) is 4.33. The largest absolute Gasteiger partial charge is 0.312 e. The van der Waals surface area contributed by atoms with Crippen molar-refractivity contribution in [2.75, 3.05) is 0 Å². The van der Waals surface area contributed by atoms with Gasteiger partial charge in [0.1, 0.15) is 4.64 Å². The number of rotatable bonds is 1. The molecular weight excluding hydrogens is 272 g/mol. The van der Waals surface area contributed by atoms with Crippen molar-refractivity contribution in [1.82, 2.24) is 9.13 Å². The second-order valence-corrected chi connectivity index (χ2v) is 5.09. The molecular formula is C15H12N2S2. The summed E-state index contributed by atoms with van der Waals surface area (Å²) in [5, 5.41) is 1.04. The number of hydrogen-bond donors (Lipinski definition) is 0. The van der Waals surface area contributed by atoms with Gasteiger partial charge in [0.15, 0.2) is 4.77 Å². The van der Waals surface area contributed by atoms with Gasteiger partial charge in [-0.2, -0.15) is 0 Å². The summed E-state index contributed by atoms with van der Waals surface area (Å²) < 4.78 is 5.41. The van der Waals surface area contributed by atoms with E-state index < -0.39 is 0 Å². The molecule has 0 radical (unpaired) electrons. The third kappa shape index (κ3) is 1.93. The fourth-order valence-corrected chi connectivity index (χ4v) is 2.81. The van der Waals surface area contributed by atoms with E-state index in [1.165, 1.54) is 0 Å². The van der Waals surface area contributed by atoms with Crippen LogP contribution >= 0.6 is 24.4 Å². The molecule has 0 aliphatic heterocycles. The van der Waals surface area contributed by atoms with Crippen molar-refractivity contribution in [2.24, 2.45) is 7.05 Å². The highest BCUT2D eigenvalue weighted by molar-refractivity contribution is 7.72. The maximum atomic E-state index is 5.55. The van der Waals surface area contributed by atoms with Crippen LogP contribution in [0.3, 0.4) is 0 Å². The monoisotopic (exact) mass is 284 g/mol. The Morgan fingerprint density at radius 2 is 1.47 bits per heavy atom. The van der Waals surface area contributed by atoms with Gasteiger partial charge in [-0.1, -0.05) is 42.5 Å². The lowest BCUT2D eigenvalue weighted by Crippen LogP contribution is -2.07. The number of hydrogen-bond acceptors (Lipinski definition) is 2. The molecule has 0 fully saturated rings. The Kier molecular flexibility index (Phi) is 3.05. The number of para-hydroxylation sites is 2. The molecule has 2 aromatic carbocycles. The van der Waals surface area contributed by atoms with Gasteiger partial charge in [-0.3, -0.25) is 4.57 Å². The highest BCUT2D eigenvalue weighted by Crippen LogP contribution is 2.20. The van der Waals surface area contributed by atoms with E-state index in [0.29, 0.717) is 4.77 Å². The summed E-state index contributed by atoms with van der Waals surface area (Å²) in [6.07, 6.45) is 0. The van der Waals surface area contributed by atoms with Crippen molar-refractivity contribution in [3.8, 4) is 5.69 Å². The summed E-state index contributed by atoms with van der Waals surface area (Å²) in [6, 6.07) is 18.2. The van der Waals surface area contributed by atoms with Crippen molar-refractivity contribution in [1.29, 1.82) is 0 Å².